The van der Waals surface area contributed by atoms with E-state index in [2.05, 4.69) is 15.2 Å². The minimum atomic E-state index is -1.09. The molecule has 0 radical (unpaired) electrons. The van der Waals surface area contributed by atoms with E-state index in [0.717, 1.165) is 10.4 Å². The van der Waals surface area contributed by atoms with Crippen molar-refractivity contribution in [2.45, 2.75) is 33.9 Å². The molecule has 2 aromatic carbocycles. The Morgan fingerprint density at radius 3 is 2.56 bits per heavy atom. The summed E-state index contributed by atoms with van der Waals surface area (Å²) in [5.74, 6) is -1.05. The van der Waals surface area contributed by atoms with Gasteiger partial charge in [-0.1, -0.05) is 41.9 Å². The highest BCUT2D eigenvalue weighted by molar-refractivity contribution is 7.15. The molecule has 4 aromatic rings. The van der Waals surface area contributed by atoms with E-state index in [1.54, 1.807) is 19.9 Å². The molecule has 0 atom stereocenters. The molecule has 0 saturated heterocycles. The molecule has 0 aliphatic carbocycles. The monoisotopic (exact) mass is 597 g/mol. The summed E-state index contributed by atoms with van der Waals surface area (Å²) in [6, 6.07) is 15.5. The van der Waals surface area contributed by atoms with Gasteiger partial charge in [0.05, 0.1) is 17.0 Å². The van der Waals surface area contributed by atoms with Crippen LogP contribution in [0.25, 0.3) is 22.0 Å². The van der Waals surface area contributed by atoms with Crippen molar-refractivity contribution in [2.24, 2.45) is 5.41 Å². The number of rotatable bonds is 10. The van der Waals surface area contributed by atoms with Crippen molar-refractivity contribution in [3.05, 3.63) is 75.5 Å². The fraction of sp³-hybridized carbons (Fsp3) is 0.286. The molecule has 212 valence electrons. The molecule has 0 unspecified atom stereocenters. The molecule has 13 heteroatoms. The molecule has 0 amide bonds. The van der Waals surface area contributed by atoms with Crippen LogP contribution in [0.15, 0.2) is 48.5 Å². The number of halogens is 2. The highest BCUT2D eigenvalue weighted by Crippen LogP contribution is 2.34. The second-order valence-electron chi connectivity index (χ2n) is 9.49. The number of carbonyl (C=O) groups is 2. The van der Waals surface area contributed by atoms with Crippen molar-refractivity contribution in [1.29, 1.82) is 5.26 Å². The number of thiazole rings is 1. The maximum absolute atomic E-state index is 13.6. The lowest BCUT2D eigenvalue weighted by Gasteiger charge is -2.22. The largest absolute Gasteiger partial charge is 0.508 e. The fourth-order valence-corrected chi connectivity index (χ4v) is 4.61. The minimum Gasteiger partial charge on any atom is -0.460 e. The van der Waals surface area contributed by atoms with Crippen molar-refractivity contribution in [3.8, 4) is 28.0 Å². The van der Waals surface area contributed by atoms with Gasteiger partial charge in [-0.15, -0.1) is 16.4 Å². The molecular weight excluding hydrogens is 573 g/mol. The van der Waals surface area contributed by atoms with Crippen LogP contribution in [-0.2, 0) is 32.2 Å². The van der Waals surface area contributed by atoms with Crippen molar-refractivity contribution >= 4 is 35.1 Å². The Bertz CT molecular complexity index is 1600. The summed E-state index contributed by atoms with van der Waals surface area (Å²) in [6.07, 6.45) is -0.972. The van der Waals surface area contributed by atoms with E-state index in [4.69, 9.17) is 25.8 Å². The van der Waals surface area contributed by atoms with E-state index in [-0.39, 0.29) is 42.8 Å². The first-order valence-electron chi connectivity index (χ1n) is 12.4. The maximum Gasteiger partial charge on any atom is 0.508 e. The molecule has 0 aliphatic rings. The summed E-state index contributed by atoms with van der Waals surface area (Å²) in [5, 5.41) is 18.6. The number of hydrogen-bond donors (Lipinski definition) is 0. The molecule has 4 rings (SSSR count). The highest BCUT2D eigenvalue weighted by atomic mass is 35.5. The SMILES string of the molecule is Cc1sc(-c2ccc(F)c(Cl)c2)nc1-c1nn(CCOC(=O)OCC(C)(C)C(=O)OCc2ccccc2)nc1C#N. The van der Waals surface area contributed by atoms with Crippen LogP contribution in [0, 0.1) is 29.5 Å². The van der Waals surface area contributed by atoms with Gasteiger partial charge in [-0.25, -0.2) is 14.2 Å². The predicted octanol–water partition coefficient (Wildman–Crippen LogP) is 5.96. The number of hydrogen-bond acceptors (Lipinski definition) is 10. The van der Waals surface area contributed by atoms with Gasteiger partial charge in [0.25, 0.3) is 0 Å². The molecule has 10 nitrogen and oxygen atoms in total. The van der Waals surface area contributed by atoms with Crippen LogP contribution < -0.4 is 0 Å². The summed E-state index contributed by atoms with van der Waals surface area (Å²) in [4.78, 5) is 31.1. The number of ether oxygens (including phenoxy) is 3. The third-order valence-electron chi connectivity index (χ3n) is 5.78. The number of nitriles is 1. The molecule has 0 fully saturated rings. The van der Waals surface area contributed by atoms with Crippen LogP contribution in [0.1, 0.15) is 30.0 Å². The second kappa shape index (κ2) is 12.9. The van der Waals surface area contributed by atoms with Crippen LogP contribution in [0.3, 0.4) is 0 Å². The summed E-state index contributed by atoms with van der Waals surface area (Å²) in [7, 11) is 0. The number of nitrogens with zero attached hydrogens (tertiary/aromatic N) is 5. The third-order valence-corrected chi connectivity index (χ3v) is 7.09. The van der Waals surface area contributed by atoms with Crippen molar-refractivity contribution < 1.29 is 28.2 Å². The molecule has 2 heterocycles. The van der Waals surface area contributed by atoms with Crippen LogP contribution in [0.5, 0.6) is 0 Å². The zero-order valence-corrected chi connectivity index (χ0v) is 24.0. The smallest absolute Gasteiger partial charge is 0.460 e. The van der Waals surface area contributed by atoms with Crippen molar-refractivity contribution in [3.63, 3.8) is 0 Å². The van der Waals surface area contributed by atoms with Crippen molar-refractivity contribution in [2.75, 3.05) is 13.2 Å². The Balaban J connectivity index is 1.31. The number of aryl methyl sites for hydroxylation is 1. The van der Waals surface area contributed by atoms with E-state index in [1.165, 1.54) is 28.3 Å². The van der Waals surface area contributed by atoms with Gasteiger partial charge >= 0.3 is 12.1 Å². The van der Waals surface area contributed by atoms with E-state index in [0.29, 0.717) is 16.3 Å². The Kier molecular flexibility index (Phi) is 9.31. The van der Waals surface area contributed by atoms with E-state index in [1.807, 2.05) is 43.3 Å². The normalized spacial score (nSPS) is 11.1. The quantitative estimate of drug-likeness (QED) is 0.203. The van der Waals surface area contributed by atoms with Gasteiger partial charge in [0.15, 0.2) is 11.4 Å². The maximum atomic E-state index is 13.6. The Hall–Kier alpha value is -4.34. The van der Waals surface area contributed by atoms with Gasteiger partial charge in [0.1, 0.15) is 42.4 Å². The standard InChI is InChI=1S/C28H25ClFN5O5S/c1-17-23(32-25(41-17)19-9-10-21(30)20(29)13-19)24-22(14-31)33-35(34-24)11-12-38-27(37)40-16-28(2,3)26(36)39-15-18-7-5-4-6-8-18/h4-10,13H,11-12,15-16H2,1-3H3. The fourth-order valence-electron chi connectivity index (χ4n) is 3.52. The minimum absolute atomic E-state index is 0.0226. The first-order valence-corrected chi connectivity index (χ1v) is 13.6. The van der Waals surface area contributed by atoms with Gasteiger partial charge < -0.3 is 14.2 Å². The Morgan fingerprint density at radius 2 is 1.85 bits per heavy atom. The van der Waals surface area contributed by atoms with Crippen molar-refractivity contribution in [1.82, 2.24) is 20.0 Å². The first-order chi connectivity index (χ1) is 19.6. The Labute approximate surface area is 244 Å². The van der Waals surface area contributed by atoms with Crippen LogP contribution >= 0.6 is 22.9 Å². The highest BCUT2D eigenvalue weighted by Gasteiger charge is 2.32. The number of aromatic nitrogens is 4. The molecule has 0 N–H and O–H groups in total. The lowest BCUT2D eigenvalue weighted by atomic mass is 9.95. The lowest BCUT2D eigenvalue weighted by Crippen LogP contribution is -2.32. The number of benzene rings is 2. The molecule has 0 bridgehead atoms. The van der Waals surface area contributed by atoms with Gasteiger partial charge in [0.2, 0.25) is 0 Å². The summed E-state index contributed by atoms with van der Waals surface area (Å²) in [5.41, 5.74) is 1.14. The molecule has 2 aromatic heterocycles. The molecule has 0 saturated carbocycles. The molecule has 0 aliphatic heterocycles. The number of carbonyl (C=O) groups excluding carboxylic acids is 2. The van der Waals surface area contributed by atoms with Gasteiger partial charge in [-0.2, -0.15) is 15.2 Å². The van der Waals surface area contributed by atoms with Crippen LogP contribution in [-0.4, -0.2) is 45.3 Å². The zero-order chi connectivity index (χ0) is 29.6. The van der Waals surface area contributed by atoms with Gasteiger partial charge in [0, 0.05) is 10.4 Å². The summed E-state index contributed by atoms with van der Waals surface area (Å²) >= 11 is 7.25. The average molecular weight is 598 g/mol. The Morgan fingerprint density at radius 1 is 1.10 bits per heavy atom. The predicted molar refractivity (Wildman–Crippen MR) is 148 cm³/mol. The second-order valence-corrected chi connectivity index (χ2v) is 11.1. The van der Waals surface area contributed by atoms with E-state index in [9.17, 15) is 19.2 Å². The van der Waals surface area contributed by atoms with E-state index >= 15 is 0 Å². The third kappa shape index (κ3) is 7.45. The lowest BCUT2D eigenvalue weighted by molar-refractivity contribution is -0.157. The van der Waals surface area contributed by atoms with E-state index < -0.39 is 23.4 Å². The van der Waals surface area contributed by atoms with Crippen LogP contribution in [0.4, 0.5) is 9.18 Å². The van der Waals surface area contributed by atoms with Gasteiger partial charge in [-0.3, -0.25) is 4.79 Å². The van der Waals surface area contributed by atoms with Gasteiger partial charge in [-0.05, 0) is 44.5 Å². The summed E-state index contributed by atoms with van der Waals surface area (Å²) < 4.78 is 29.1. The molecule has 41 heavy (non-hydrogen) atoms. The molecular formula is C28H25ClFN5O5S. The average Bonchev–Trinajstić information content (AvgIpc) is 3.55. The zero-order valence-electron chi connectivity index (χ0n) is 22.4. The summed E-state index contributed by atoms with van der Waals surface area (Å²) in [6.45, 7) is 4.78. The first kappa shape index (κ1) is 29.6. The van der Waals surface area contributed by atoms with Crippen LogP contribution in [0.2, 0.25) is 5.02 Å². The number of esters is 1. The topological polar surface area (TPSA) is 129 Å². The molecule has 0 spiro atoms.